The summed E-state index contributed by atoms with van der Waals surface area (Å²) in [5.41, 5.74) is -0.234. The summed E-state index contributed by atoms with van der Waals surface area (Å²) in [7, 11) is 1.25. The number of carbonyl (C=O) groups excluding carboxylic acids is 1. The molecule has 1 aromatic carbocycles. The lowest BCUT2D eigenvalue weighted by molar-refractivity contribution is -0.385. The monoisotopic (exact) mass is 259 g/mol. The van der Waals surface area contributed by atoms with E-state index in [9.17, 15) is 14.9 Å². The molecule has 92 valence electrons. The highest BCUT2D eigenvalue weighted by Gasteiger charge is 2.18. The predicted molar refractivity (Wildman–Crippen MR) is 60.2 cm³/mol. The minimum absolute atomic E-state index is 0.00111. The van der Waals surface area contributed by atoms with Crippen LogP contribution < -0.4 is 4.74 Å². The third-order valence-corrected chi connectivity index (χ3v) is 2.22. The number of hydrogen-bond acceptors (Lipinski definition) is 5. The number of nitro groups is 1. The molecule has 0 aliphatic carbocycles. The first-order chi connectivity index (χ1) is 8.06. The lowest BCUT2D eigenvalue weighted by Gasteiger charge is -2.07. The van der Waals surface area contributed by atoms with Gasteiger partial charge in [0.1, 0.15) is 0 Å². The summed E-state index contributed by atoms with van der Waals surface area (Å²) >= 11 is 5.78. The maximum atomic E-state index is 10.8. The SMILES string of the molecule is COC(=O)CCOc1c(Cl)cccc1[N+](=O)[O-]. The molecule has 0 amide bonds. The Hall–Kier alpha value is -1.82. The Morgan fingerprint density at radius 3 is 2.82 bits per heavy atom. The smallest absolute Gasteiger partial charge is 0.312 e. The zero-order valence-electron chi connectivity index (χ0n) is 9.01. The Balaban J connectivity index is 2.76. The van der Waals surface area contributed by atoms with Crippen molar-refractivity contribution in [1.29, 1.82) is 0 Å². The molecule has 0 aromatic heterocycles. The van der Waals surface area contributed by atoms with Crippen molar-refractivity contribution in [3.63, 3.8) is 0 Å². The van der Waals surface area contributed by atoms with Crippen molar-refractivity contribution in [2.45, 2.75) is 6.42 Å². The number of hydrogen-bond donors (Lipinski definition) is 0. The van der Waals surface area contributed by atoms with Crippen LogP contribution in [0.15, 0.2) is 18.2 Å². The number of esters is 1. The predicted octanol–water partition coefficient (Wildman–Crippen LogP) is 2.19. The number of methoxy groups -OCH3 is 1. The van der Waals surface area contributed by atoms with E-state index < -0.39 is 10.9 Å². The Labute approximate surface area is 102 Å². The summed E-state index contributed by atoms with van der Waals surface area (Å²) in [6.45, 7) is -0.0305. The summed E-state index contributed by atoms with van der Waals surface area (Å²) in [6, 6.07) is 4.20. The van der Waals surface area contributed by atoms with Gasteiger partial charge in [0.2, 0.25) is 5.75 Å². The largest absolute Gasteiger partial charge is 0.485 e. The van der Waals surface area contributed by atoms with Gasteiger partial charge >= 0.3 is 11.7 Å². The van der Waals surface area contributed by atoms with Gasteiger partial charge in [-0.1, -0.05) is 17.7 Å². The summed E-state index contributed by atoms with van der Waals surface area (Å²) in [5.74, 6) is -0.497. The third kappa shape index (κ3) is 3.60. The molecule has 0 heterocycles. The van der Waals surface area contributed by atoms with Crippen LogP contribution in [-0.2, 0) is 9.53 Å². The van der Waals surface area contributed by atoms with Crippen molar-refractivity contribution >= 4 is 23.3 Å². The van der Waals surface area contributed by atoms with Crippen LogP contribution >= 0.6 is 11.6 Å². The van der Waals surface area contributed by atoms with Gasteiger partial charge in [0.15, 0.2) is 0 Å². The van der Waals surface area contributed by atoms with Crippen LogP contribution in [0.2, 0.25) is 5.02 Å². The average molecular weight is 260 g/mol. The summed E-state index contributed by atoms with van der Waals surface area (Å²) < 4.78 is 9.54. The van der Waals surface area contributed by atoms with Gasteiger partial charge < -0.3 is 9.47 Å². The molecule has 1 aromatic rings. The third-order valence-electron chi connectivity index (χ3n) is 1.92. The fraction of sp³-hybridized carbons (Fsp3) is 0.300. The van der Waals surface area contributed by atoms with Crippen molar-refractivity contribution in [1.82, 2.24) is 0 Å². The zero-order valence-corrected chi connectivity index (χ0v) is 9.77. The first-order valence-corrected chi connectivity index (χ1v) is 5.06. The number of nitrogens with zero attached hydrogens (tertiary/aromatic N) is 1. The van der Waals surface area contributed by atoms with E-state index in [1.54, 1.807) is 0 Å². The molecule has 0 saturated carbocycles. The summed E-state index contributed by atoms with van der Waals surface area (Å²) in [6.07, 6.45) is -0.00111. The minimum atomic E-state index is -0.598. The molecule has 0 atom stereocenters. The molecule has 0 bridgehead atoms. The van der Waals surface area contributed by atoms with E-state index in [1.807, 2.05) is 0 Å². The number of halogens is 1. The minimum Gasteiger partial charge on any atom is -0.485 e. The Bertz CT molecular complexity index is 435. The fourth-order valence-electron chi connectivity index (χ4n) is 1.12. The second-order valence-corrected chi connectivity index (χ2v) is 3.43. The lowest BCUT2D eigenvalue weighted by atomic mass is 10.3. The molecule has 7 heteroatoms. The second-order valence-electron chi connectivity index (χ2n) is 3.02. The highest BCUT2D eigenvalue weighted by atomic mass is 35.5. The number of rotatable bonds is 5. The van der Waals surface area contributed by atoms with Gasteiger partial charge in [-0.2, -0.15) is 0 Å². The number of nitro benzene ring substituents is 1. The Kier molecular flexibility index (Phi) is 4.71. The summed E-state index contributed by atoms with van der Waals surface area (Å²) in [5, 5.41) is 10.8. The van der Waals surface area contributed by atoms with Crippen LogP contribution in [0.1, 0.15) is 6.42 Å². The molecule has 0 aliphatic heterocycles. The van der Waals surface area contributed by atoms with Gasteiger partial charge in [-0.25, -0.2) is 0 Å². The number of benzene rings is 1. The topological polar surface area (TPSA) is 78.7 Å². The molecule has 0 saturated heterocycles. The quantitative estimate of drug-likeness (QED) is 0.460. The molecule has 1 rings (SSSR count). The first kappa shape index (κ1) is 13.2. The van der Waals surface area contributed by atoms with Gasteiger partial charge in [-0.05, 0) is 6.07 Å². The number of carbonyl (C=O) groups is 1. The van der Waals surface area contributed by atoms with E-state index in [-0.39, 0.29) is 29.5 Å². The molecular formula is C10H10ClNO5. The van der Waals surface area contributed by atoms with E-state index in [0.717, 1.165) is 0 Å². The van der Waals surface area contributed by atoms with Crippen molar-refractivity contribution in [3.8, 4) is 5.75 Å². The van der Waals surface area contributed by atoms with Crippen molar-refractivity contribution in [3.05, 3.63) is 33.3 Å². The van der Waals surface area contributed by atoms with E-state index >= 15 is 0 Å². The Morgan fingerprint density at radius 2 is 2.24 bits per heavy atom. The van der Waals surface area contributed by atoms with E-state index in [1.165, 1.54) is 25.3 Å². The number of ether oxygens (including phenoxy) is 2. The lowest BCUT2D eigenvalue weighted by Crippen LogP contribution is -2.08. The maximum absolute atomic E-state index is 10.8. The average Bonchev–Trinajstić information content (AvgIpc) is 2.30. The maximum Gasteiger partial charge on any atom is 0.312 e. The highest BCUT2D eigenvalue weighted by Crippen LogP contribution is 2.34. The van der Waals surface area contributed by atoms with Crippen LogP contribution in [-0.4, -0.2) is 24.6 Å². The van der Waals surface area contributed by atoms with E-state index in [0.29, 0.717) is 0 Å². The fourth-order valence-corrected chi connectivity index (χ4v) is 1.35. The Morgan fingerprint density at radius 1 is 1.53 bits per heavy atom. The zero-order chi connectivity index (χ0) is 12.8. The van der Waals surface area contributed by atoms with Crippen LogP contribution in [0.5, 0.6) is 5.75 Å². The van der Waals surface area contributed by atoms with Gasteiger partial charge in [-0.15, -0.1) is 0 Å². The van der Waals surface area contributed by atoms with Crippen LogP contribution in [0.3, 0.4) is 0 Å². The molecule has 0 aliphatic rings. The van der Waals surface area contributed by atoms with E-state index in [4.69, 9.17) is 16.3 Å². The molecule has 0 fully saturated rings. The first-order valence-electron chi connectivity index (χ1n) is 4.68. The van der Waals surface area contributed by atoms with Crippen molar-refractivity contribution < 1.29 is 19.2 Å². The van der Waals surface area contributed by atoms with Crippen LogP contribution in [0.4, 0.5) is 5.69 Å². The van der Waals surface area contributed by atoms with E-state index in [2.05, 4.69) is 4.74 Å². The second kappa shape index (κ2) is 6.05. The van der Waals surface area contributed by atoms with Gasteiger partial charge in [0.05, 0.1) is 30.1 Å². The molecular weight excluding hydrogens is 250 g/mol. The van der Waals surface area contributed by atoms with Crippen LogP contribution in [0, 0.1) is 10.1 Å². The normalized spacial score (nSPS) is 9.76. The van der Waals surface area contributed by atoms with Gasteiger partial charge in [0.25, 0.3) is 0 Å². The molecule has 0 N–H and O–H groups in total. The van der Waals surface area contributed by atoms with Gasteiger partial charge in [-0.3, -0.25) is 14.9 Å². The molecule has 17 heavy (non-hydrogen) atoms. The highest BCUT2D eigenvalue weighted by molar-refractivity contribution is 6.32. The standard InChI is InChI=1S/C10H10ClNO5/c1-16-9(13)5-6-17-10-7(11)3-2-4-8(10)12(14)15/h2-4H,5-6H2,1H3. The van der Waals surface area contributed by atoms with Gasteiger partial charge in [0, 0.05) is 6.07 Å². The number of para-hydroxylation sites is 1. The molecule has 0 radical (unpaired) electrons. The molecule has 0 unspecified atom stereocenters. The van der Waals surface area contributed by atoms with Crippen molar-refractivity contribution in [2.75, 3.05) is 13.7 Å². The summed E-state index contributed by atoms with van der Waals surface area (Å²) in [4.78, 5) is 20.9. The van der Waals surface area contributed by atoms with Crippen LogP contribution in [0.25, 0.3) is 0 Å². The van der Waals surface area contributed by atoms with Crippen molar-refractivity contribution in [2.24, 2.45) is 0 Å². The molecule has 6 nitrogen and oxygen atoms in total. The molecule has 0 spiro atoms.